The number of nitrogens with zero attached hydrogens (tertiary/aromatic N) is 2. The molecule has 0 fully saturated rings. The number of rotatable bonds is 2. The van der Waals surface area contributed by atoms with E-state index in [9.17, 15) is 0 Å². The second-order valence-electron chi connectivity index (χ2n) is 4.25. The quantitative estimate of drug-likeness (QED) is 0.743. The van der Waals surface area contributed by atoms with Crippen LogP contribution in [0, 0.1) is 4.77 Å². The molecule has 0 aliphatic carbocycles. The van der Waals surface area contributed by atoms with Crippen molar-refractivity contribution < 1.29 is 0 Å². The van der Waals surface area contributed by atoms with E-state index >= 15 is 0 Å². The van der Waals surface area contributed by atoms with Gasteiger partial charge in [-0.3, -0.25) is 5.10 Å². The average molecular weight is 199 g/mol. The number of aromatic nitrogens is 3. The molecule has 0 saturated carbocycles. The van der Waals surface area contributed by atoms with E-state index in [-0.39, 0.29) is 5.41 Å². The summed E-state index contributed by atoms with van der Waals surface area (Å²) in [5.41, 5.74) is 0.0583. The maximum atomic E-state index is 5.15. The molecule has 0 radical (unpaired) electrons. The highest BCUT2D eigenvalue weighted by Gasteiger charge is 2.20. The van der Waals surface area contributed by atoms with Crippen LogP contribution in [0.25, 0.3) is 0 Å². The summed E-state index contributed by atoms with van der Waals surface area (Å²) in [6.45, 7) is 9.52. The number of nitrogens with one attached hydrogen (secondary N) is 1. The van der Waals surface area contributed by atoms with Crippen molar-refractivity contribution in [2.45, 2.75) is 46.1 Å². The molecule has 0 saturated heterocycles. The van der Waals surface area contributed by atoms with Crippen molar-refractivity contribution in [3.05, 3.63) is 10.6 Å². The zero-order chi connectivity index (χ0) is 10.1. The van der Waals surface area contributed by atoms with Crippen molar-refractivity contribution in [1.82, 2.24) is 14.8 Å². The molecule has 13 heavy (non-hydrogen) atoms. The number of aromatic amines is 1. The Bertz CT molecular complexity index is 329. The van der Waals surface area contributed by atoms with Gasteiger partial charge in [0.25, 0.3) is 0 Å². The SMILES string of the molecule is CCCn1c(C(C)(C)C)n[nH]c1=S. The molecule has 4 heteroatoms. The lowest BCUT2D eigenvalue weighted by Crippen LogP contribution is -2.19. The maximum absolute atomic E-state index is 5.15. The Kier molecular flexibility index (Phi) is 2.91. The molecule has 0 aliphatic heterocycles. The summed E-state index contributed by atoms with van der Waals surface area (Å²) in [6.07, 6.45) is 1.08. The molecule has 0 aromatic carbocycles. The molecule has 0 atom stereocenters. The Morgan fingerprint density at radius 2 is 2.08 bits per heavy atom. The van der Waals surface area contributed by atoms with Gasteiger partial charge in [-0.15, -0.1) is 0 Å². The molecule has 74 valence electrons. The lowest BCUT2D eigenvalue weighted by Gasteiger charge is -2.18. The Hall–Kier alpha value is -0.640. The monoisotopic (exact) mass is 199 g/mol. The molecule has 1 heterocycles. The molecule has 0 spiro atoms. The molecule has 0 bridgehead atoms. The number of hydrogen-bond donors (Lipinski definition) is 1. The third-order valence-corrected chi connectivity index (χ3v) is 2.19. The second kappa shape index (κ2) is 3.62. The molecule has 0 aliphatic rings. The van der Waals surface area contributed by atoms with E-state index in [2.05, 4.69) is 42.5 Å². The first-order chi connectivity index (χ1) is 5.96. The molecular weight excluding hydrogens is 182 g/mol. The van der Waals surface area contributed by atoms with Gasteiger partial charge >= 0.3 is 0 Å². The zero-order valence-electron chi connectivity index (χ0n) is 8.72. The minimum absolute atomic E-state index is 0.0583. The van der Waals surface area contributed by atoms with Crippen LogP contribution >= 0.6 is 12.2 Å². The Labute approximate surface area is 84.2 Å². The molecule has 1 rings (SSSR count). The van der Waals surface area contributed by atoms with Gasteiger partial charge in [-0.05, 0) is 18.6 Å². The van der Waals surface area contributed by atoms with Gasteiger partial charge in [0.05, 0.1) is 0 Å². The van der Waals surface area contributed by atoms with Gasteiger partial charge in [0.15, 0.2) is 4.77 Å². The van der Waals surface area contributed by atoms with Gasteiger partial charge in [0.2, 0.25) is 0 Å². The van der Waals surface area contributed by atoms with Gasteiger partial charge in [0, 0.05) is 12.0 Å². The summed E-state index contributed by atoms with van der Waals surface area (Å²) in [5.74, 6) is 1.04. The summed E-state index contributed by atoms with van der Waals surface area (Å²) in [4.78, 5) is 0. The predicted octanol–water partition coefficient (Wildman–Crippen LogP) is 2.65. The van der Waals surface area contributed by atoms with E-state index in [0.717, 1.165) is 23.6 Å². The van der Waals surface area contributed by atoms with Gasteiger partial charge in [-0.1, -0.05) is 27.7 Å². The highest BCUT2D eigenvalue weighted by atomic mass is 32.1. The minimum atomic E-state index is 0.0583. The molecule has 1 aromatic heterocycles. The fraction of sp³-hybridized carbons (Fsp3) is 0.778. The van der Waals surface area contributed by atoms with E-state index in [1.807, 2.05) is 0 Å². The summed E-state index contributed by atoms with van der Waals surface area (Å²) in [7, 11) is 0. The summed E-state index contributed by atoms with van der Waals surface area (Å²) < 4.78 is 2.81. The van der Waals surface area contributed by atoms with E-state index in [4.69, 9.17) is 12.2 Å². The maximum Gasteiger partial charge on any atom is 0.195 e. The van der Waals surface area contributed by atoms with E-state index < -0.39 is 0 Å². The van der Waals surface area contributed by atoms with Crippen LogP contribution in [-0.2, 0) is 12.0 Å². The Morgan fingerprint density at radius 3 is 2.54 bits per heavy atom. The fourth-order valence-corrected chi connectivity index (χ4v) is 1.54. The van der Waals surface area contributed by atoms with Crippen LogP contribution in [0.1, 0.15) is 39.9 Å². The standard InChI is InChI=1S/C9H17N3S/c1-5-6-12-7(9(2,3)4)10-11-8(12)13/h5-6H2,1-4H3,(H,11,13). The predicted molar refractivity (Wildman–Crippen MR) is 56.4 cm³/mol. The van der Waals surface area contributed by atoms with Crippen molar-refractivity contribution in [3.8, 4) is 0 Å². The number of H-pyrrole nitrogens is 1. The summed E-state index contributed by atoms with van der Waals surface area (Å²) >= 11 is 5.15. The summed E-state index contributed by atoms with van der Waals surface area (Å²) in [6, 6.07) is 0. The normalized spacial score (nSPS) is 12.0. The molecular formula is C9H17N3S. The molecule has 3 nitrogen and oxygen atoms in total. The van der Waals surface area contributed by atoms with E-state index in [0.29, 0.717) is 0 Å². The van der Waals surface area contributed by atoms with Crippen molar-refractivity contribution in [2.75, 3.05) is 0 Å². The largest absolute Gasteiger partial charge is 0.304 e. The first-order valence-corrected chi connectivity index (χ1v) is 5.03. The lowest BCUT2D eigenvalue weighted by molar-refractivity contribution is 0.492. The topological polar surface area (TPSA) is 33.6 Å². The first-order valence-electron chi connectivity index (χ1n) is 4.62. The van der Waals surface area contributed by atoms with E-state index in [1.165, 1.54) is 0 Å². The van der Waals surface area contributed by atoms with Gasteiger partial charge < -0.3 is 4.57 Å². The second-order valence-corrected chi connectivity index (χ2v) is 4.64. The van der Waals surface area contributed by atoms with E-state index in [1.54, 1.807) is 0 Å². The van der Waals surface area contributed by atoms with Crippen LogP contribution in [0.4, 0.5) is 0 Å². The van der Waals surface area contributed by atoms with Gasteiger partial charge in [-0.25, -0.2) is 0 Å². The smallest absolute Gasteiger partial charge is 0.195 e. The summed E-state index contributed by atoms with van der Waals surface area (Å²) in [5, 5.41) is 7.10. The minimum Gasteiger partial charge on any atom is -0.304 e. The van der Waals surface area contributed by atoms with Crippen molar-refractivity contribution in [2.24, 2.45) is 0 Å². The molecule has 0 amide bonds. The van der Waals surface area contributed by atoms with Crippen LogP contribution in [-0.4, -0.2) is 14.8 Å². The molecule has 0 unspecified atom stereocenters. The van der Waals surface area contributed by atoms with Crippen molar-refractivity contribution in [3.63, 3.8) is 0 Å². The van der Waals surface area contributed by atoms with Crippen LogP contribution in [0.2, 0.25) is 0 Å². The lowest BCUT2D eigenvalue weighted by atomic mass is 9.96. The number of hydrogen-bond acceptors (Lipinski definition) is 2. The van der Waals surface area contributed by atoms with Crippen LogP contribution in [0.3, 0.4) is 0 Å². The fourth-order valence-electron chi connectivity index (χ4n) is 1.32. The third-order valence-electron chi connectivity index (χ3n) is 1.88. The van der Waals surface area contributed by atoms with Crippen molar-refractivity contribution >= 4 is 12.2 Å². The highest BCUT2D eigenvalue weighted by molar-refractivity contribution is 7.71. The third kappa shape index (κ3) is 2.18. The van der Waals surface area contributed by atoms with Gasteiger partial charge in [-0.2, -0.15) is 5.10 Å². The molecule has 1 N–H and O–H groups in total. The van der Waals surface area contributed by atoms with Gasteiger partial charge in [0.1, 0.15) is 5.82 Å². The van der Waals surface area contributed by atoms with Crippen molar-refractivity contribution in [1.29, 1.82) is 0 Å². The Balaban J connectivity index is 3.15. The Morgan fingerprint density at radius 1 is 1.46 bits per heavy atom. The average Bonchev–Trinajstić information content (AvgIpc) is 2.32. The zero-order valence-corrected chi connectivity index (χ0v) is 9.53. The van der Waals surface area contributed by atoms with Crippen LogP contribution in [0.5, 0.6) is 0 Å². The van der Waals surface area contributed by atoms with Crippen LogP contribution in [0.15, 0.2) is 0 Å². The first kappa shape index (κ1) is 10.4. The van der Waals surface area contributed by atoms with Crippen LogP contribution < -0.4 is 0 Å². The highest BCUT2D eigenvalue weighted by Crippen LogP contribution is 2.19. The molecule has 1 aromatic rings.